The van der Waals surface area contributed by atoms with Crippen molar-refractivity contribution < 1.29 is 19.1 Å². The smallest absolute Gasteiger partial charge is 0.266 e. The van der Waals surface area contributed by atoms with E-state index in [2.05, 4.69) is 0 Å². The van der Waals surface area contributed by atoms with Gasteiger partial charge < -0.3 is 15.2 Å². The second kappa shape index (κ2) is 8.90. The van der Waals surface area contributed by atoms with Crippen molar-refractivity contribution in [1.29, 1.82) is 0 Å². The van der Waals surface area contributed by atoms with Crippen LogP contribution in [0.15, 0.2) is 53.4 Å². The fourth-order valence-corrected chi connectivity index (χ4v) is 3.85. The van der Waals surface area contributed by atoms with E-state index >= 15 is 0 Å². The zero-order chi connectivity index (χ0) is 20.1. The fourth-order valence-electron chi connectivity index (χ4n) is 2.60. The van der Waals surface area contributed by atoms with Crippen LogP contribution in [0.3, 0.4) is 0 Å². The minimum atomic E-state index is -0.576. The molecule has 3 rings (SSSR count). The molecule has 2 aromatic carbocycles. The van der Waals surface area contributed by atoms with Crippen LogP contribution in [0, 0.1) is 0 Å². The average molecular weight is 415 g/mol. The monoisotopic (exact) mass is 414 g/mol. The Hall–Kier alpha value is -2.84. The molecule has 0 unspecified atom stereocenters. The van der Waals surface area contributed by atoms with Crippen LogP contribution in [0.2, 0.25) is 0 Å². The molecule has 2 aromatic rings. The van der Waals surface area contributed by atoms with Crippen molar-refractivity contribution in [2.24, 2.45) is 5.73 Å². The molecule has 1 fully saturated rings. The Balaban J connectivity index is 1.78. The molecular formula is C20H18N2O4S2. The van der Waals surface area contributed by atoms with Gasteiger partial charge in [0.05, 0.1) is 18.6 Å². The number of amides is 2. The Morgan fingerprint density at radius 1 is 1.21 bits per heavy atom. The summed E-state index contributed by atoms with van der Waals surface area (Å²) in [7, 11) is 1.50. The van der Waals surface area contributed by atoms with Crippen molar-refractivity contribution in [2.45, 2.75) is 6.54 Å². The van der Waals surface area contributed by atoms with Crippen LogP contribution in [-0.4, -0.2) is 34.8 Å². The van der Waals surface area contributed by atoms with Crippen LogP contribution in [0.25, 0.3) is 6.08 Å². The molecule has 1 saturated heterocycles. The van der Waals surface area contributed by atoms with Gasteiger partial charge in [0.25, 0.3) is 11.8 Å². The standard InChI is InChI=1S/C20H18N2O4S2/c1-25-16-9-14(7-8-15(16)26-12-18(21)23)10-17-19(24)22(20(27)28-17)11-13-5-3-2-4-6-13/h2-10H,11-12H2,1H3,(H2,21,23)/b17-10-. The first-order valence-corrected chi connectivity index (χ1v) is 9.59. The summed E-state index contributed by atoms with van der Waals surface area (Å²) in [6, 6.07) is 14.8. The SMILES string of the molecule is COc1cc(/C=C2\SC(=S)N(Cc3ccccc3)C2=O)ccc1OCC(N)=O. The van der Waals surface area contributed by atoms with Crippen LogP contribution in [-0.2, 0) is 16.1 Å². The lowest BCUT2D eigenvalue weighted by atomic mass is 10.1. The van der Waals surface area contributed by atoms with E-state index in [0.717, 1.165) is 11.1 Å². The number of hydrogen-bond donors (Lipinski definition) is 1. The largest absolute Gasteiger partial charge is 0.493 e. The van der Waals surface area contributed by atoms with Gasteiger partial charge in [-0.1, -0.05) is 60.4 Å². The molecule has 0 bridgehead atoms. The van der Waals surface area contributed by atoms with E-state index in [1.165, 1.54) is 18.9 Å². The van der Waals surface area contributed by atoms with E-state index in [1.807, 2.05) is 30.3 Å². The Morgan fingerprint density at radius 2 is 1.96 bits per heavy atom. The van der Waals surface area contributed by atoms with Crippen molar-refractivity contribution in [2.75, 3.05) is 13.7 Å². The van der Waals surface area contributed by atoms with Crippen LogP contribution in [0.4, 0.5) is 0 Å². The second-order valence-electron chi connectivity index (χ2n) is 5.92. The molecule has 144 valence electrons. The third-order valence-corrected chi connectivity index (χ3v) is 5.29. The summed E-state index contributed by atoms with van der Waals surface area (Å²) in [6.07, 6.45) is 1.75. The van der Waals surface area contributed by atoms with Crippen molar-refractivity contribution >= 4 is 46.2 Å². The number of methoxy groups -OCH3 is 1. The number of benzene rings is 2. The lowest BCUT2D eigenvalue weighted by Gasteiger charge is -2.14. The van der Waals surface area contributed by atoms with Gasteiger partial charge in [0.1, 0.15) is 4.32 Å². The van der Waals surface area contributed by atoms with Crippen molar-refractivity contribution in [3.05, 3.63) is 64.6 Å². The number of thioether (sulfide) groups is 1. The summed E-state index contributed by atoms with van der Waals surface area (Å²) < 4.78 is 11.1. The zero-order valence-corrected chi connectivity index (χ0v) is 16.7. The predicted molar refractivity (Wildman–Crippen MR) is 113 cm³/mol. The minimum Gasteiger partial charge on any atom is -0.493 e. The lowest BCUT2D eigenvalue weighted by Crippen LogP contribution is -2.27. The van der Waals surface area contributed by atoms with E-state index < -0.39 is 5.91 Å². The van der Waals surface area contributed by atoms with Gasteiger partial charge in [-0.3, -0.25) is 14.5 Å². The van der Waals surface area contributed by atoms with Gasteiger partial charge in [0.15, 0.2) is 18.1 Å². The number of primary amides is 1. The highest BCUT2D eigenvalue weighted by atomic mass is 32.2. The second-order valence-corrected chi connectivity index (χ2v) is 7.59. The molecule has 1 aliphatic heterocycles. The van der Waals surface area contributed by atoms with E-state index in [9.17, 15) is 9.59 Å². The van der Waals surface area contributed by atoms with Crippen molar-refractivity contribution in [3.63, 3.8) is 0 Å². The lowest BCUT2D eigenvalue weighted by molar-refractivity contribution is -0.122. The van der Waals surface area contributed by atoms with Gasteiger partial charge in [0, 0.05) is 0 Å². The first-order chi connectivity index (χ1) is 13.5. The third-order valence-electron chi connectivity index (χ3n) is 3.91. The number of nitrogens with zero attached hydrogens (tertiary/aromatic N) is 1. The highest BCUT2D eigenvalue weighted by molar-refractivity contribution is 8.26. The maximum absolute atomic E-state index is 12.8. The summed E-state index contributed by atoms with van der Waals surface area (Å²) in [4.78, 5) is 25.8. The van der Waals surface area contributed by atoms with Gasteiger partial charge in [-0.25, -0.2) is 0 Å². The van der Waals surface area contributed by atoms with Crippen LogP contribution >= 0.6 is 24.0 Å². The molecule has 0 atom stereocenters. The van der Waals surface area contributed by atoms with E-state index in [4.69, 9.17) is 27.4 Å². The topological polar surface area (TPSA) is 81.9 Å². The summed E-state index contributed by atoms with van der Waals surface area (Å²) in [5, 5.41) is 0. The Labute approximate surface area is 172 Å². The Bertz CT molecular complexity index is 944. The van der Waals surface area contributed by atoms with Gasteiger partial charge in [-0.05, 0) is 29.3 Å². The van der Waals surface area contributed by atoms with E-state index in [1.54, 1.807) is 29.2 Å². The molecule has 1 aliphatic rings. The number of thiocarbonyl (C=S) groups is 1. The predicted octanol–water partition coefficient (Wildman–Crippen LogP) is 2.96. The van der Waals surface area contributed by atoms with E-state index in [-0.39, 0.29) is 12.5 Å². The molecule has 0 aromatic heterocycles. The molecular weight excluding hydrogens is 396 g/mol. The maximum Gasteiger partial charge on any atom is 0.266 e. The quantitative estimate of drug-likeness (QED) is 0.554. The highest BCUT2D eigenvalue weighted by Crippen LogP contribution is 2.35. The van der Waals surface area contributed by atoms with Crippen molar-refractivity contribution in [1.82, 2.24) is 4.90 Å². The third kappa shape index (κ3) is 4.71. The van der Waals surface area contributed by atoms with Crippen molar-refractivity contribution in [3.8, 4) is 11.5 Å². The summed E-state index contributed by atoms with van der Waals surface area (Å²) in [5.74, 6) is 0.130. The molecule has 0 aliphatic carbocycles. The van der Waals surface area contributed by atoms with Gasteiger partial charge in [-0.2, -0.15) is 0 Å². The molecule has 28 heavy (non-hydrogen) atoms. The summed E-state index contributed by atoms with van der Waals surface area (Å²) in [6.45, 7) is 0.194. The molecule has 2 amide bonds. The number of carbonyl (C=O) groups excluding carboxylic acids is 2. The average Bonchev–Trinajstić information content (AvgIpc) is 2.95. The molecule has 0 saturated carbocycles. The van der Waals surface area contributed by atoms with Crippen LogP contribution in [0.5, 0.6) is 11.5 Å². The number of carbonyl (C=O) groups is 2. The van der Waals surface area contributed by atoms with Crippen LogP contribution in [0.1, 0.15) is 11.1 Å². The first-order valence-electron chi connectivity index (χ1n) is 8.36. The maximum atomic E-state index is 12.8. The summed E-state index contributed by atoms with van der Waals surface area (Å²) in [5.41, 5.74) is 6.86. The molecule has 6 nitrogen and oxygen atoms in total. The van der Waals surface area contributed by atoms with Gasteiger partial charge in [0.2, 0.25) is 0 Å². The molecule has 0 radical (unpaired) electrons. The number of rotatable bonds is 7. The number of hydrogen-bond acceptors (Lipinski definition) is 6. The Morgan fingerprint density at radius 3 is 2.64 bits per heavy atom. The molecule has 8 heteroatoms. The van der Waals surface area contributed by atoms with Gasteiger partial charge in [-0.15, -0.1) is 0 Å². The Kier molecular flexibility index (Phi) is 6.33. The zero-order valence-electron chi connectivity index (χ0n) is 15.1. The number of ether oxygens (including phenoxy) is 2. The minimum absolute atomic E-state index is 0.133. The van der Waals surface area contributed by atoms with E-state index in [0.29, 0.717) is 27.3 Å². The van der Waals surface area contributed by atoms with Crippen LogP contribution < -0.4 is 15.2 Å². The normalized spacial score (nSPS) is 15.2. The highest BCUT2D eigenvalue weighted by Gasteiger charge is 2.32. The first kappa shape index (κ1) is 19.9. The molecule has 0 spiro atoms. The molecule has 1 heterocycles. The summed E-state index contributed by atoms with van der Waals surface area (Å²) >= 11 is 6.64. The number of nitrogens with two attached hydrogens (primary N) is 1. The fraction of sp³-hybridized carbons (Fsp3) is 0.150. The molecule has 2 N–H and O–H groups in total. The van der Waals surface area contributed by atoms with Gasteiger partial charge >= 0.3 is 0 Å².